The average Bonchev–Trinajstić information content (AvgIpc) is 3.22. The van der Waals surface area contributed by atoms with E-state index in [1.165, 1.54) is 35.1 Å². The Balaban J connectivity index is 1.80. The second-order valence-corrected chi connectivity index (χ2v) is 5.49. The van der Waals surface area contributed by atoms with Crippen molar-refractivity contribution in [1.29, 1.82) is 0 Å². The number of aromatic nitrogens is 1. The van der Waals surface area contributed by atoms with Gasteiger partial charge in [-0.15, -0.1) is 0 Å². The summed E-state index contributed by atoms with van der Waals surface area (Å²) < 4.78 is 0. The van der Waals surface area contributed by atoms with Gasteiger partial charge in [0.05, 0.1) is 0 Å². The Morgan fingerprint density at radius 1 is 1.16 bits per heavy atom. The van der Waals surface area contributed by atoms with Crippen molar-refractivity contribution in [1.82, 2.24) is 10.3 Å². The van der Waals surface area contributed by atoms with Crippen molar-refractivity contribution in [2.75, 3.05) is 0 Å². The number of benzene rings is 1. The number of nitrogens with zero attached hydrogens (tertiary/aromatic N) is 1. The molecular weight excluding hydrogens is 232 g/mol. The third-order valence-corrected chi connectivity index (χ3v) is 3.69. The van der Waals surface area contributed by atoms with Gasteiger partial charge in [0.2, 0.25) is 0 Å². The lowest BCUT2D eigenvalue weighted by atomic mass is 9.99. The summed E-state index contributed by atoms with van der Waals surface area (Å²) in [6.45, 7) is 5.18. The van der Waals surface area contributed by atoms with E-state index in [0.717, 1.165) is 18.3 Å². The SMILES string of the molecule is Cc1ccc(-c2ccc(CNC3CC3)cc2C)cn1. The molecule has 1 aliphatic rings. The summed E-state index contributed by atoms with van der Waals surface area (Å²) in [5.74, 6) is 0. The van der Waals surface area contributed by atoms with Crippen LogP contribution in [0.1, 0.15) is 29.7 Å². The van der Waals surface area contributed by atoms with Crippen LogP contribution in [0.3, 0.4) is 0 Å². The van der Waals surface area contributed by atoms with Crippen molar-refractivity contribution in [2.45, 2.75) is 39.3 Å². The fourth-order valence-corrected chi connectivity index (χ4v) is 2.34. The van der Waals surface area contributed by atoms with E-state index in [9.17, 15) is 0 Å². The van der Waals surface area contributed by atoms with E-state index in [0.29, 0.717) is 0 Å². The molecule has 3 rings (SSSR count). The van der Waals surface area contributed by atoms with Crippen LogP contribution in [0, 0.1) is 13.8 Å². The molecular formula is C17H20N2. The third-order valence-electron chi connectivity index (χ3n) is 3.69. The summed E-state index contributed by atoms with van der Waals surface area (Å²) in [6, 6.07) is 11.7. The molecule has 2 heteroatoms. The van der Waals surface area contributed by atoms with Gasteiger partial charge in [-0.05, 0) is 49.4 Å². The first kappa shape index (κ1) is 12.4. The molecule has 1 aromatic carbocycles. The van der Waals surface area contributed by atoms with Crippen LogP contribution in [0.5, 0.6) is 0 Å². The van der Waals surface area contributed by atoms with E-state index in [-0.39, 0.29) is 0 Å². The van der Waals surface area contributed by atoms with E-state index >= 15 is 0 Å². The van der Waals surface area contributed by atoms with Gasteiger partial charge < -0.3 is 5.32 Å². The lowest BCUT2D eigenvalue weighted by Crippen LogP contribution is -2.15. The minimum atomic E-state index is 0.765. The average molecular weight is 252 g/mol. The van der Waals surface area contributed by atoms with Gasteiger partial charge in [0, 0.05) is 30.0 Å². The van der Waals surface area contributed by atoms with Crippen LogP contribution in [-0.2, 0) is 6.54 Å². The maximum absolute atomic E-state index is 4.37. The molecule has 2 aromatic rings. The molecule has 19 heavy (non-hydrogen) atoms. The Morgan fingerprint density at radius 2 is 2.00 bits per heavy atom. The van der Waals surface area contributed by atoms with E-state index < -0.39 is 0 Å². The molecule has 0 saturated heterocycles. The van der Waals surface area contributed by atoms with Crippen molar-refractivity contribution >= 4 is 0 Å². The monoisotopic (exact) mass is 252 g/mol. The zero-order valence-electron chi connectivity index (χ0n) is 11.6. The van der Waals surface area contributed by atoms with Gasteiger partial charge in [0.25, 0.3) is 0 Å². The van der Waals surface area contributed by atoms with Crippen LogP contribution >= 0.6 is 0 Å². The molecule has 1 fully saturated rings. The maximum Gasteiger partial charge on any atom is 0.0373 e. The number of hydrogen-bond donors (Lipinski definition) is 1. The van der Waals surface area contributed by atoms with Crippen molar-refractivity contribution in [2.24, 2.45) is 0 Å². The van der Waals surface area contributed by atoms with Gasteiger partial charge in [0.1, 0.15) is 0 Å². The fraction of sp³-hybridized carbons (Fsp3) is 0.353. The summed E-state index contributed by atoms with van der Waals surface area (Å²) >= 11 is 0. The van der Waals surface area contributed by atoms with Gasteiger partial charge in [0.15, 0.2) is 0 Å². The van der Waals surface area contributed by atoms with Crippen LogP contribution < -0.4 is 5.32 Å². The predicted octanol–water partition coefficient (Wildman–Crippen LogP) is 3.62. The number of nitrogens with one attached hydrogen (secondary N) is 1. The molecule has 0 radical (unpaired) electrons. The molecule has 0 spiro atoms. The van der Waals surface area contributed by atoms with Gasteiger partial charge in [-0.3, -0.25) is 4.98 Å². The first-order valence-electron chi connectivity index (χ1n) is 6.98. The molecule has 1 saturated carbocycles. The van der Waals surface area contributed by atoms with E-state index in [1.807, 2.05) is 13.1 Å². The first-order chi connectivity index (χ1) is 9.22. The Morgan fingerprint density at radius 3 is 2.63 bits per heavy atom. The fourth-order valence-electron chi connectivity index (χ4n) is 2.34. The highest BCUT2D eigenvalue weighted by Gasteiger charge is 2.19. The molecule has 0 amide bonds. The van der Waals surface area contributed by atoms with E-state index in [2.05, 4.69) is 47.6 Å². The van der Waals surface area contributed by atoms with Gasteiger partial charge >= 0.3 is 0 Å². The van der Waals surface area contributed by atoms with Crippen LogP contribution in [0.4, 0.5) is 0 Å². The van der Waals surface area contributed by atoms with E-state index in [4.69, 9.17) is 0 Å². The Bertz CT molecular complexity index is 568. The normalized spacial score (nSPS) is 14.6. The Hall–Kier alpha value is -1.67. The zero-order chi connectivity index (χ0) is 13.2. The lowest BCUT2D eigenvalue weighted by molar-refractivity contribution is 0.687. The van der Waals surface area contributed by atoms with Crippen LogP contribution in [0.25, 0.3) is 11.1 Å². The summed E-state index contributed by atoms with van der Waals surface area (Å²) in [7, 11) is 0. The molecule has 1 N–H and O–H groups in total. The second-order valence-electron chi connectivity index (χ2n) is 5.49. The van der Waals surface area contributed by atoms with Crippen molar-refractivity contribution in [3.8, 4) is 11.1 Å². The summed E-state index contributed by atoms with van der Waals surface area (Å²) in [5, 5.41) is 3.55. The molecule has 0 unspecified atom stereocenters. The third kappa shape index (κ3) is 3.02. The van der Waals surface area contributed by atoms with Crippen LogP contribution in [-0.4, -0.2) is 11.0 Å². The lowest BCUT2D eigenvalue weighted by Gasteiger charge is -2.09. The molecule has 1 aromatic heterocycles. The number of rotatable bonds is 4. The van der Waals surface area contributed by atoms with Crippen molar-refractivity contribution < 1.29 is 0 Å². The quantitative estimate of drug-likeness (QED) is 0.899. The Labute approximate surface area is 114 Å². The second kappa shape index (κ2) is 5.14. The van der Waals surface area contributed by atoms with Crippen LogP contribution in [0.2, 0.25) is 0 Å². The number of hydrogen-bond acceptors (Lipinski definition) is 2. The largest absolute Gasteiger partial charge is 0.310 e. The molecule has 2 nitrogen and oxygen atoms in total. The van der Waals surface area contributed by atoms with Crippen molar-refractivity contribution in [3.05, 3.63) is 53.3 Å². The number of pyridine rings is 1. The van der Waals surface area contributed by atoms with Crippen molar-refractivity contribution in [3.63, 3.8) is 0 Å². The van der Waals surface area contributed by atoms with Gasteiger partial charge in [-0.2, -0.15) is 0 Å². The molecule has 0 bridgehead atoms. The standard InChI is InChI=1S/C17H20N2/c1-12-9-14(10-19-16-6-7-16)4-8-17(12)15-5-3-13(2)18-11-15/h3-5,8-9,11,16,19H,6-7,10H2,1-2H3. The zero-order valence-corrected chi connectivity index (χ0v) is 11.6. The van der Waals surface area contributed by atoms with E-state index in [1.54, 1.807) is 0 Å². The smallest absolute Gasteiger partial charge is 0.0373 e. The molecule has 0 aliphatic heterocycles. The summed E-state index contributed by atoms with van der Waals surface area (Å²) in [6.07, 6.45) is 4.64. The minimum Gasteiger partial charge on any atom is -0.310 e. The molecule has 1 aliphatic carbocycles. The first-order valence-corrected chi connectivity index (χ1v) is 6.98. The molecule has 98 valence electrons. The number of aryl methyl sites for hydroxylation is 2. The topological polar surface area (TPSA) is 24.9 Å². The minimum absolute atomic E-state index is 0.765. The predicted molar refractivity (Wildman–Crippen MR) is 79.0 cm³/mol. The van der Waals surface area contributed by atoms with Gasteiger partial charge in [-0.25, -0.2) is 0 Å². The highest BCUT2D eigenvalue weighted by molar-refractivity contribution is 5.66. The summed E-state index contributed by atoms with van der Waals surface area (Å²) in [5.41, 5.74) is 6.23. The highest BCUT2D eigenvalue weighted by atomic mass is 14.9. The molecule has 0 atom stereocenters. The molecule has 1 heterocycles. The Kier molecular flexibility index (Phi) is 3.34. The summed E-state index contributed by atoms with van der Waals surface area (Å²) in [4.78, 5) is 4.37. The highest BCUT2D eigenvalue weighted by Crippen LogP contribution is 2.24. The van der Waals surface area contributed by atoms with Gasteiger partial charge in [-0.1, -0.05) is 24.3 Å². The maximum atomic E-state index is 4.37. The van der Waals surface area contributed by atoms with Crippen LogP contribution in [0.15, 0.2) is 36.5 Å².